The van der Waals surface area contributed by atoms with Crippen LogP contribution in [0.2, 0.25) is 0 Å². The van der Waals surface area contributed by atoms with E-state index in [0.29, 0.717) is 0 Å². The Morgan fingerprint density at radius 2 is 1.46 bits per heavy atom. The second-order valence-electron chi connectivity index (χ2n) is 9.64. The number of esters is 2. The number of amides is 3. The topological polar surface area (TPSA) is 114 Å². The zero-order chi connectivity index (χ0) is 27.4. The number of urea groups is 1. The van der Waals surface area contributed by atoms with Crippen molar-refractivity contribution in [3.05, 3.63) is 71.8 Å². The molecule has 0 spiro atoms. The van der Waals surface area contributed by atoms with Gasteiger partial charge in [0.1, 0.15) is 18.7 Å². The number of hydrogen-bond acceptors (Lipinski definition) is 6. The SMILES string of the molecule is CCOC(=O)CC(C(=O)N[C@@H](C)C(=O)OCc1ccccc1)N(Cc1ccccc1)C(=O)NC(C)(C)C. The van der Waals surface area contributed by atoms with Crippen molar-refractivity contribution in [1.82, 2.24) is 15.5 Å². The van der Waals surface area contributed by atoms with Gasteiger partial charge in [0.05, 0.1) is 13.0 Å². The molecule has 9 heteroatoms. The maximum Gasteiger partial charge on any atom is 0.328 e. The molecule has 0 aliphatic heterocycles. The number of nitrogens with one attached hydrogen (secondary N) is 2. The predicted octanol–water partition coefficient (Wildman–Crippen LogP) is 3.57. The monoisotopic (exact) mass is 511 g/mol. The highest BCUT2D eigenvalue weighted by Gasteiger charge is 2.35. The maximum atomic E-state index is 13.4. The van der Waals surface area contributed by atoms with E-state index in [-0.39, 0.29) is 26.2 Å². The van der Waals surface area contributed by atoms with E-state index in [1.807, 2.05) is 81.4 Å². The first kappa shape index (κ1) is 29.4. The first-order valence-electron chi connectivity index (χ1n) is 12.3. The molecule has 0 saturated carbocycles. The Morgan fingerprint density at radius 1 is 0.892 bits per heavy atom. The summed E-state index contributed by atoms with van der Waals surface area (Å²) in [7, 11) is 0. The van der Waals surface area contributed by atoms with Crippen LogP contribution < -0.4 is 10.6 Å². The van der Waals surface area contributed by atoms with Crippen molar-refractivity contribution in [3.63, 3.8) is 0 Å². The smallest absolute Gasteiger partial charge is 0.328 e. The maximum absolute atomic E-state index is 13.4. The number of nitrogens with zero attached hydrogens (tertiary/aromatic N) is 1. The second kappa shape index (κ2) is 14.0. The molecule has 0 saturated heterocycles. The summed E-state index contributed by atoms with van der Waals surface area (Å²) in [6.07, 6.45) is -0.379. The molecular weight excluding hydrogens is 474 g/mol. The molecule has 0 fully saturated rings. The van der Waals surface area contributed by atoms with E-state index in [2.05, 4.69) is 10.6 Å². The van der Waals surface area contributed by atoms with Gasteiger partial charge in [0.25, 0.3) is 0 Å². The Kier molecular flexibility index (Phi) is 11.1. The molecule has 2 N–H and O–H groups in total. The van der Waals surface area contributed by atoms with Crippen molar-refractivity contribution >= 4 is 23.9 Å². The summed E-state index contributed by atoms with van der Waals surface area (Å²) in [6, 6.07) is 15.5. The Hall–Kier alpha value is -3.88. The number of rotatable bonds is 11. The van der Waals surface area contributed by atoms with Gasteiger partial charge in [-0.2, -0.15) is 0 Å². The van der Waals surface area contributed by atoms with Crippen LogP contribution in [0, 0.1) is 0 Å². The lowest BCUT2D eigenvalue weighted by atomic mass is 10.1. The van der Waals surface area contributed by atoms with Crippen molar-refractivity contribution in [3.8, 4) is 0 Å². The molecule has 1 unspecified atom stereocenters. The zero-order valence-electron chi connectivity index (χ0n) is 22.2. The van der Waals surface area contributed by atoms with Crippen LogP contribution in [0.15, 0.2) is 60.7 Å². The standard InChI is InChI=1S/C28H37N3O6/c1-6-36-24(32)17-23(25(33)29-20(2)26(34)37-19-22-15-11-8-12-16-22)31(27(35)30-28(3,4)5)18-21-13-9-7-10-14-21/h7-16,20,23H,6,17-19H2,1-5H3,(H,29,33)(H,30,35)/t20-,23?/m0/s1. The largest absolute Gasteiger partial charge is 0.466 e. The molecule has 0 aromatic heterocycles. The van der Waals surface area contributed by atoms with Gasteiger partial charge < -0.3 is 25.0 Å². The third-order valence-corrected chi connectivity index (χ3v) is 5.22. The van der Waals surface area contributed by atoms with Crippen LogP contribution in [0.5, 0.6) is 0 Å². The second-order valence-corrected chi connectivity index (χ2v) is 9.64. The molecule has 0 aliphatic rings. The minimum Gasteiger partial charge on any atom is -0.466 e. The van der Waals surface area contributed by atoms with Crippen LogP contribution in [0.1, 0.15) is 52.2 Å². The van der Waals surface area contributed by atoms with E-state index in [0.717, 1.165) is 11.1 Å². The minimum atomic E-state index is -1.23. The number of carbonyl (C=O) groups excluding carboxylic acids is 4. The quantitative estimate of drug-likeness (QED) is 0.446. The lowest BCUT2D eigenvalue weighted by molar-refractivity contribution is -0.150. The van der Waals surface area contributed by atoms with Crippen LogP contribution >= 0.6 is 0 Å². The van der Waals surface area contributed by atoms with Gasteiger partial charge in [0.15, 0.2) is 0 Å². The van der Waals surface area contributed by atoms with Gasteiger partial charge in [-0.1, -0.05) is 60.7 Å². The van der Waals surface area contributed by atoms with Crippen LogP contribution in [-0.4, -0.2) is 53.0 Å². The molecule has 200 valence electrons. The van der Waals surface area contributed by atoms with E-state index in [9.17, 15) is 19.2 Å². The van der Waals surface area contributed by atoms with Crippen molar-refractivity contribution in [2.75, 3.05) is 6.61 Å². The number of benzene rings is 2. The van der Waals surface area contributed by atoms with Crippen LogP contribution in [0.4, 0.5) is 4.79 Å². The summed E-state index contributed by atoms with van der Waals surface area (Å²) in [5.41, 5.74) is 0.983. The van der Waals surface area contributed by atoms with Crippen LogP contribution in [-0.2, 0) is 37.0 Å². The lowest BCUT2D eigenvalue weighted by Gasteiger charge is -2.34. The number of ether oxygens (including phenoxy) is 2. The fourth-order valence-electron chi connectivity index (χ4n) is 3.44. The average Bonchev–Trinajstić information content (AvgIpc) is 2.84. The van der Waals surface area contributed by atoms with Crippen LogP contribution in [0.25, 0.3) is 0 Å². The van der Waals surface area contributed by atoms with Crippen molar-refractivity contribution in [2.45, 2.75) is 71.8 Å². The van der Waals surface area contributed by atoms with E-state index in [1.165, 1.54) is 11.8 Å². The molecular formula is C28H37N3O6. The Balaban J connectivity index is 2.25. The Labute approximate surface area is 218 Å². The normalized spacial score (nSPS) is 12.6. The zero-order valence-corrected chi connectivity index (χ0v) is 22.2. The molecule has 0 aliphatic carbocycles. The molecule has 3 amide bonds. The Bertz CT molecular complexity index is 1040. The van der Waals surface area contributed by atoms with E-state index in [1.54, 1.807) is 6.92 Å². The first-order valence-corrected chi connectivity index (χ1v) is 12.3. The van der Waals surface area contributed by atoms with Gasteiger partial charge in [-0.05, 0) is 45.7 Å². The Morgan fingerprint density at radius 3 is 2.00 bits per heavy atom. The first-order chi connectivity index (χ1) is 17.5. The van der Waals surface area contributed by atoms with Gasteiger partial charge in [-0.15, -0.1) is 0 Å². The summed E-state index contributed by atoms with van der Waals surface area (Å²) in [5, 5.41) is 5.46. The van der Waals surface area contributed by atoms with E-state index < -0.39 is 41.5 Å². The fraction of sp³-hybridized carbons (Fsp3) is 0.429. The summed E-state index contributed by atoms with van der Waals surface area (Å²) in [5.74, 6) is -1.94. The highest BCUT2D eigenvalue weighted by atomic mass is 16.5. The van der Waals surface area contributed by atoms with Gasteiger partial charge >= 0.3 is 18.0 Å². The van der Waals surface area contributed by atoms with Crippen LogP contribution in [0.3, 0.4) is 0 Å². The molecule has 0 heterocycles. The fourth-order valence-corrected chi connectivity index (χ4v) is 3.44. The highest BCUT2D eigenvalue weighted by Crippen LogP contribution is 2.15. The van der Waals surface area contributed by atoms with Crippen molar-refractivity contribution < 1.29 is 28.7 Å². The van der Waals surface area contributed by atoms with Gasteiger partial charge in [-0.25, -0.2) is 9.59 Å². The lowest BCUT2D eigenvalue weighted by Crippen LogP contribution is -2.57. The van der Waals surface area contributed by atoms with Crippen molar-refractivity contribution in [2.24, 2.45) is 0 Å². The summed E-state index contributed by atoms with van der Waals surface area (Å²) >= 11 is 0. The predicted molar refractivity (Wildman–Crippen MR) is 139 cm³/mol. The summed E-state index contributed by atoms with van der Waals surface area (Å²) in [4.78, 5) is 53.0. The molecule has 2 aromatic rings. The third kappa shape index (κ3) is 10.3. The molecule has 2 rings (SSSR count). The van der Waals surface area contributed by atoms with Gasteiger partial charge in [0, 0.05) is 12.1 Å². The molecule has 2 atom stereocenters. The van der Waals surface area contributed by atoms with E-state index in [4.69, 9.17) is 9.47 Å². The minimum absolute atomic E-state index is 0.0558. The molecule has 0 bridgehead atoms. The van der Waals surface area contributed by atoms with Gasteiger partial charge in [-0.3, -0.25) is 9.59 Å². The van der Waals surface area contributed by atoms with Gasteiger partial charge in [0.2, 0.25) is 5.91 Å². The average molecular weight is 512 g/mol. The number of carbonyl (C=O) groups is 4. The van der Waals surface area contributed by atoms with E-state index >= 15 is 0 Å². The summed E-state index contributed by atoms with van der Waals surface area (Å²) in [6.45, 7) is 8.84. The van der Waals surface area contributed by atoms with Crippen molar-refractivity contribution in [1.29, 1.82) is 0 Å². The molecule has 9 nitrogen and oxygen atoms in total. The highest BCUT2D eigenvalue weighted by molar-refractivity contribution is 5.93. The molecule has 0 radical (unpaired) electrons. The molecule has 2 aromatic carbocycles. The number of hydrogen-bond donors (Lipinski definition) is 2. The third-order valence-electron chi connectivity index (χ3n) is 5.22. The summed E-state index contributed by atoms with van der Waals surface area (Å²) < 4.78 is 10.4. The molecule has 37 heavy (non-hydrogen) atoms.